The molecule has 1 fully saturated rings. The highest BCUT2D eigenvalue weighted by atomic mass is 16.5. The van der Waals surface area contributed by atoms with Gasteiger partial charge in [-0.05, 0) is 63.2 Å². The van der Waals surface area contributed by atoms with Crippen LogP contribution in [0, 0.1) is 0 Å². The number of amides is 1. The molecule has 0 bridgehead atoms. The maximum absolute atomic E-state index is 12.7. The van der Waals surface area contributed by atoms with Crippen LogP contribution in [0.4, 0.5) is 5.69 Å². The second-order valence-electron chi connectivity index (χ2n) is 7.45. The van der Waals surface area contributed by atoms with E-state index in [0.717, 1.165) is 48.4 Å². The normalized spacial score (nSPS) is 16.8. The number of carbonyl (C=O) groups is 1. The van der Waals surface area contributed by atoms with Gasteiger partial charge in [0.05, 0.1) is 17.4 Å². The van der Waals surface area contributed by atoms with Crippen molar-refractivity contribution in [2.24, 2.45) is 0 Å². The first-order valence-corrected chi connectivity index (χ1v) is 9.78. The summed E-state index contributed by atoms with van der Waals surface area (Å²) in [5, 5.41) is 2.98. The molecule has 1 aliphatic heterocycles. The lowest BCUT2D eigenvalue weighted by molar-refractivity contribution is -0.118. The Morgan fingerprint density at radius 1 is 1.14 bits per heavy atom. The topological polar surface area (TPSA) is 59.4 Å². The van der Waals surface area contributed by atoms with Gasteiger partial charge in [0.2, 0.25) is 5.91 Å². The highest BCUT2D eigenvalue weighted by Gasteiger charge is 2.19. The Morgan fingerprint density at radius 3 is 2.61 bits per heavy atom. The molecular weight excluding hydrogens is 352 g/mol. The number of imidazole rings is 1. The number of rotatable bonds is 5. The van der Waals surface area contributed by atoms with E-state index in [9.17, 15) is 4.79 Å². The summed E-state index contributed by atoms with van der Waals surface area (Å²) < 4.78 is 7.96. The monoisotopic (exact) mass is 378 g/mol. The van der Waals surface area contributed by atoms with E-state index >= 15 is 0 Å². The van der Waals surface area contributed by atoms with Crippen molar-refractivity contribution < 1.29 is 9.53 Å². The second kappa shape index (κ2) is 8.02. The summed E-state index contributed by atoms with van der Waals surface area (Å²) in [4.78, 5) is 19.4. The van der Waals surface area contributed by atoms with Crippen molar-refractivity contribution in [2.75, 3.05) is 25.5 Å². The minimum absolute atomic E-state index is 0.0767. The number of hydrogen-bond acceptors (Lipinski definition) is 4. The molecule has 28 heavy (non-hydrogen) atoms. The van der Waals surface area contributed by atoms with Gasteiger partial charge in [-0.25, -0.2) is 4.98 Å². The molecule has 146 valence electrons. The maximum atomic E-state index is 12.7. The molecule has 3 aromatic rings. The number of anilines is 1. The Hall–Kier alpha value is -2.86. The number of benzene rings is 2. The number of likely N-dealkylation sites (tertiary alicyclic amines) is 1. The highest BCUT2D eigenvalue weighted by Crippen LogP contribution is 2.22. The largest absolute Gasteiger partial charge is 0.490 e. The quantitative estimate of drug-likeness (QED) is 0.735. The minimum atomic E-state index is -0.359. The molecular formula is C22H26N4O2. The van der Waals surface area contributed by atoms with Crippen LogP contribution in [0.2, 0.25) is 0 Å². The molecule has 1 atom stereocenters. The standard InChI is InChI=1S/C22H26N4O2/c1-16(26-15-23-20-5-3-4-6-21(20)26)22(27)24-17-7-9-18(10-8-17)28-19-11-13-25(2)14-12-19/h3-10,15-16,19H,11-14H2,1-2H3,(H,24,27). The summed E-state index contributed by atoms with van der Waals surface area (Å²) >= 11 is 0. The van der Waals surface area contributed by atoms with Crippen LogP contribution < -0.4 is 10.1 Å². The number of fused-ring (bicyclic) bond motifs is 1. The van der Waals surface area contributed by atoms with E-state index in [2.05, 4.69) is 22.2 Å². The fraction of sp³-hybridized carbons (Fsp3) is 0.364. The third-order valence-electron chi connectivity index (χ3n) is 5.37. The molecule has 1 unspecified atom stereocenters. The summed E-state index contributed by atoms with van der Waals surface area (Å²) in [6.45, 7) is 4.01. The number of nitrogens with zero attached hydrogens (tertiary/aromatic N) is 3. The van der Waals surface area contributed by atoms with Gasteiger partial charge in [0.25, 0.3) is 0 Å². The molecule has 0 spiro atoms. The van der Waals surface area contributed by atoms with Crippen LogP contribution >= 0.6 is 0 Å². The zero-order valence-electron chi connectivity index (χ0n) is 16.3. The average molecular weight is 378 g/mol. The van der Waals surface area contributed by atoms with E-state index in [-0.39, 0.29) is 18.1 Å². The van der Waals surface area contributed by atoms with Gasteiger partial charge in [-0.1, -0.05) is 12.1 Å². The van der Waals surface area contributed by atoms with Crippen molar-refractivity contribution in [1.29, 1.82) is 0 Å². The predicted octanol–water partition coefficient (Wildman–Crippen LogP) is 3.71. The first-order chi connectivity index (χ1) is 13.6. The SMILES string of the molecule is CC(C(=O)Nc1ccc(OC2CCN(C)CC2)cc1)n1cnc2ccccc21. The Kier molecular flexibility index (Phi) is 5.30. The molecule has 0 saturated carbocycles. The number of carbonyl (C=O) groups excluding carboxylic acids is 1. The van der Waals surface area contributed by atoms with Crippen molar-refractivity contribution in [3.63, 3.8) is 0 Å². The van der Waals surface area contributed by atoms with Gasteiger partial charge in [-0.2, -0.15) is 0 Å². The first-order valence-electron chi connectivity index (χ1n) is 9.78. The van der Waals surface area contributed by atoms with Gasteiger partial charge >= 0.3 is 0 Å². The highest BCUT2D eigenvalue weighted by molar-refractivity contribution is 5.94. The molecule has 4 rings (SSSR count). The van der Waals surface area contributed by atoms with Crippen LogP contribution in [0.1, 0.15) is 25.8 Å². The van der Waals surface area contributed by atoms with E-state index in [0.29, 0.717) is 0 Å². The lowest BCUT2D eigenvalue weighted by Gasteiger charge is -2.29. The molecule has 0 aliphatic carbocycles. The van der Waals surface area contributed by atoms with Gasteiger partial charge in [0, 0.05) is 18.8 Å². The third kappa shape index (κ3) is 4.02. The summed E-state index contributed by atoms with van der Waals surface area (Å²) in [6, 6.07) is 15.1. The average Bonchev–Trinajstić information content (AvgIpc) is 3.14. The maximum Gasteiger partial charge on any atom is 0.247 e. The van der Waals surface area contributed by atoms with E-state index < -0.39 is 0 Å². The van der Waals surface area contributed by atoms with Crippen LogP contribution in [0.3, 0.4) is 0 Å². The molecule has 1 aliphatic rings. The van der Waals surface area contributed by atoms with Crippen LogP contribution in [-0.4, -0.2) is 46.6 Å². The van der Waals surface area contributed by atoms with E-state index in [4.69, 9.17) is 4.74 Å². The van der Waals surface area contributed by atoms with Crippen LogP contribution in [0.5, 0.6) is 5.75 Å². The lowest BCUT2D eigenvalue weighted by Crippen LogP contribution is -2.35. The van der Waals surface area contributed by atoms with E-state index in [1.54, 1.807) is 6.33 Å². The molecule has 1 amide bonds. The fourth-order valence-corrected chi connectivity index (χ4v) is 3.57. The second-order valence-corrected chi connectivity index (χ2v) is 7.45. The molecule has 1 N–H and O–H groups in total. The first kappa shape index (κ1) is 18.5. The van der Waals surface area contributed by atoms with Gasteiger partial charge < -0.3 is 19.5 Å². The molecule has 6 nitrogen and oxygen atoms in total. The molecule has 2 aromatic carbocycles. The van der Waals surface area contributed by atoms with Crippen molar-refractivity contribution in [2.45, 2.75) is 31.9 Å². The van der Waals surface area contributed by atoms with Crippen molar-refractivity contribution in [3.05, 3.63) is 54.9 Å². The van der Waals surface area contributed by atoms with Gasteiger partial charge in [0.1, 0.15) is 17.9 Å². The summed E-state index contributed by atoms with van der Waals surface area (Å²) in [5.74, 6) is 0.772. The number of ether oxygens (including phenoxy) is 1. The minimum Gasteiger partial charge on any atom is -0.490 e. The summed E-state index contributed by atoms with van der Waals surface area (Å²) in [7, 11) is 2.14. The van der Waals surface area contributed by atoms with Crippen molar-refractivity contribution in [1.82, 2.24) is 14.5 Å². The molecule has 6 heteroatoms. The number of piperidine rings is 1. The summed E-state index contributed by atoms with van der Waals surface area (Å²) in [5.41, 5.74) is 2.60. The Labute approximate surface area is 165 Å². The molecule has 1 aromatic heterocycles. The molecule has 1 saturated heterocycles. The van der Waals surface area contributed by atoms with Crippen LogP contribution in [0.25, 0.3) is 11.0 Å². The Bertz CT molecular complexity index is 943. The fourth-order valence-electron chi connectivity index (χ4n) is 3.57. The van der Waals surface area contributed by atoms with E-state index in [1.807, 2.05) is 60.0 Å². The van der Waals surface area contributed by atoms with Gasteiger partial charge in [-0.15, -0.1) is 0 Å². The van der Waals surface area contributed by atoms with Crippen molar-refractivity contribution in [3.8, 4) is 5.75 Å². The Balaban J connectivity index is 1.38. The Morgan fingerprint density at radius 2 is 1.86 bits per heavy atom. The third-order valence-corrected chi connectivity index (χ3v) is 5.37. The van der Waals surface area contributed by atoms with Crippen LogP contribution in [-0.2, 0) is 4.79 Å². The van der Waals surface area contributed by atoms with E-state index in [1.165, 1.54) is 0 Å². The molecule has 0 radical (unpaired) electrons. The molecule has 2 heterocycles. The number of aromatic nitrogens is 2. The number of para-hydroxylation sites is 2. The smallest absolute Gasteiger partial charge is 0.247 e. The van der Waals surface area contributed by atoms with Gasteiger partial charge in [-0.3, -0.25) is 4.79 Å². The number of nitrogens with one attached hydrogen (secondary N) is 1. The zero-order valence-corrected chi connectivity index (χ0v) is 16.3. The van der Waals surface area contributed by atoms with Gasteiger partial charge in [0.15, 0.2) is 0 Å². The summed E-state index contributed by atoms with van der Waals surface area (Å²) in [6.07, 6.45) is 4.08. The predicted molar refractivity (Wildman–Crippen MR) is 111 cm³/mol. The van der Waals surface area contributed by atoms with Crippen LogP contribution in [0.15, 0.2) is 54.9 Å². The van der Waals surface area contributed by atoms with Crippen molar-refractivity contribution >= 4 is 22.6 Å². The lowest BCUT2D eigenvalue weighted by atomic mass is 10.1. The zero-order chi connectivity index (χ0) is 19.5. The number of hydrogen-bond donors (Lipinski definition) is 1.